The van der Waals surface area contributed by atoms with Crippen LogP contribution in [-0.4, -0.2) is 25.7 Å². The van der Waals surface area contributed by atoms with Gasteiger partial charge in [0.25, 0.3) is 10.0 Å². The van der Waals surface area contributed by atoms with E-state index in [9.17, 15) is 8.42 Å². The first-order valence-corrected chi connectivity index (χ1v) is 10.6. The number of hydrogen-bond acceptors (Lipinski definition) is 3. The van der Waals surface area contributed by atoms with Crippen LogP contribution in [0.25, 0.3) is 0 Å². The van der Waals surface area contributed by atoms with Crippen molar-refractivity contribution in [3.63, 3.8) is 0 Å². The Morgan fingerprint density at radius 3 is 2.22 bits per heavy atom. The van der Waals surface area contributed by atoms with Gasteiger partial charge in [0.05, 0.1) is 11.1 Å². The van der Waals surface area contributed by atoms with Crippen molar-refractivity contribution < 1.29 is 8.42 Å². The molecule has 0 bridgehead atoms. The van der Waals surface area contributed by atoms with Crippen LogP contribution in [0.1, 0.15) is 0 Å². The summed E-state index contributed by atoms with van der Waals surface area (Å²) in [5.41, 5.74) is 0. The summed E-state index contributed by atoms with van der Waals surface area (Å²) in [5.74, 6) is 0. The fourth-order valence-corrected chi connectivity index (χ4v) is 5.30. The van der Waals surface area contributed by atoms with Gasteiger partial charge in [-0.2, -0.15) is 17.6 Å². The highest BCUT2D eigenvalue weighted by Crippen LogP contribution is 2.13. The van der Waals surface area contributed by atoms with E-state index in [-0.39, 0.29) is 4.90 Å². The van der Waals surface area contributed by atoms with Crippen molar-refractivity contribution >= 4 is 23.4 Å². The van der Waals surface area contributed by atoms with E-state index in [1.807, 2.05) is 0 Å². The molecule has 0 radical (unpaired) electrons. The Morgan fingerprint density at radius 2 is 1.67 bits per heavy atom. The predicted octanol–water partition coefficient (Wildman–Crippen LogP) is 1.67. The summed E-state index contributed by atoms with van der Waals surface area (Å²) in [6.45, 7) is 6.29. The lowest BCUT2D eigenvalue weighted by Gasteiger charge is -2.18. The van der Waals surface area contributed by atoms with E-state index in [1.54, 1.807) is 42.6 Å². The molecular weight excluding hydrogens is 264 g/mol. The molecule has 0 aliphatic heterocycles. The number of hydrogen-bond donors (Lipinski definition) is 0. The Morgan fingerprint density at radius 1 is 1.06 bits per heavy atom. The average molecular weight is 280 g/mol. The maximum absolute atomic E-state index is 12.5. The van der Waals surface area contributed by atoms with Crippen LogP contribution in [0.4, 0.5) is 0 Å². The molecule has 0 spiro atoms. The van der Waals surface area contributed by atoms with Crippen molar-refractivity contribution in [2.75, 3.05) is 0 Å². The highest BCUT2D eigenvalue weighted by atomic mass is 32.2. The largest absolute Gasteiger partial charge is 0.282 e. The molecule has 96 valence electrons. The van der Waals surface area contributed by atoms with Crippen molar-refractivity contribution in [2.24, 2.45) is 0 Å². The summed E-state index contributed by atoms with van der Waals surface area (Å²) in [6, 6.07) is 10.2. The van der Waals surface area contributed by atoms with E-state index in [0.29, 0.717) is 0 Å². The molecule has 0 N–H and O–H groups in total. The van der Waals surface area contributed by atoms with Crippen LogP contribution >= 0.6 is 0 Å². The summed E-state index contributed by atoms with van der Waals surface area (Å²) in [5, 5.41) is 4.81. The van der Waals surface area contributed by atoms with Crippen molar-refractivity contribution in [2.45, 2.75) is 24.5 Å². The SMILES string of the molecule is C[Si](C)(C)c1ccnn1S(=O)(=O)c1ccccc1. The van der Waals surface area contributed by atoms with Gasteiger partial charge in [-0.05, 0) is 18.2 Å². The van der Waals surface area contributed by atoms with Gasteiger partial charge in [0.2, 0.25) is 0 Å². The molecule has 1 aromatic carbocycles. The minimum Gasteiger partial charge on any atom is -0.199 e. The second-order valence-corrected chi connectivity index (χ2v) is 11.9. The zero-order valence-corrected chi connectivity index (χ0v) is 12.5. The Bertz CT molecular complexity index is 642. The van der Waals surface area contributed by atoms with Gasteiger partial charge >= 0.3 is 0 Å². The Labute approximate surface area is 108 Å². The predicted molar refractivity (Wildman–Crippen MR) is 74.2 cm³/mol. The molecule has 4 nitrogen and oxygen atoms in total. The Balaban J connectivity index is 2.60. The third-order valence-corrected chi connectivity index (χ3v) is 6.34. The molecule has 1 aromatic heterocycles. The van der Waals surface area contributed by atoms with E-state index >= 15 is 0 Å². The van der Waals surface area contributed by atoms with Gasteiger partial charge in [0.1, 0.15) is 8.07 Å². The first kappa shape index (κ1) is 13.0. The normalized spacial score (nSPS) is 12.6. The van der Waals surface area contributed by atoms with E-state index in [4.69, 9.17) is 0 Å². The maximum Gasteiger partial charge on any atom is 0.282 e. The van der Waals surface area contributed by atoms with Crippen molar-refractivity contribution in [1.29, 1.82) is 0 Å². The van der Waals surface area contributed by atoms with Crippen LogP contribution < -0.4 is 5.32 Å². The van der Waals surface area contributed by atoms with Crippen molar-refractivity contribution in [3.05, 3.63) is 42.6 Å². The number of aromatic nitrogens is 2. The van der Waals surface area contributed by atoms with Crippen LogP contribution in [0.3, 0.4) is 0 Å². The van der Waals surface area contributed by atoms with Crippen LogP contribution in [0, 0.1) is 0 Å². The van der Waals surface area contributed by atoms with E-state index in [1.165, 1.54) is 4.09 Å². The monoisotopic (exact) mass is 280 g/mol. The molecule has 0 amide bonds. The van der Waals surface area contributed by atoms with Gasteiger partial charge in [-0.1, -0.05) is 37.8 Å². The van der Waals surface area contributed by atoms with Crippen molar-refractivity contribution in [1.82, 2.24) is 9.19 Å². The zero-order chi connectivity index (χ0) is 13.4. The van der Waals surface area contributed by atoms with Crippen LogP contribution in [0.2, 0.25) is 19.6 Å². The highest BCUT2D eigenvalue weighted by molar-refractivity contribution is 7.90. The maximum atomic E-state index is 12.5. The molecule has 2 rings (SSSR count). The second kappa shape index (κ2) is 4.36. The smallest absolute Gasteiger partial charge is 0.199 e. The summed E-state index contributed by atoms with van der Waals surface area (Å²) in [4.78, 5) is 0.271. The Kier molecular flexibility index (Phi) is 3.16. The number of benzene rings is 1. The van der Waals surface area contributed by atoms with Gasteiger partial charge in [-0.15, -0.1) is 0 Å². The molecule has 0 aliphatic carbocycles. The molecule has 0 atom stereocenters. The molecule has 0 saturated carbocycles. The minimum atomic E-state index is -3.57. The first-order chi connectivity index (χ1) is 8.33. The van der Waals surface area contributed by atoms with E-state index in [0.717, 1.165) is 5.32 Å². The highest BCUT2D eigenvalue weighted by Gasteiger charge is 2.28. The summed E-state index contributed by atoms with van der Waals surface area (Å²) in [7, 11) is -5.32. The lowest BCUT2D eigenvalue weighted by Crippen LogP contribution is -2.45. The van der Waals surface area contributed by atoms with Gasteiger partial charge < -0.3 is 0 Å². The lowest BCUT2D eigenvalue weighted by atomic mass is 10.4. The number of nitrogens with zero attached hydrogens (tertiary/aromatic N) is 2. The topological polar surface area (TPSA) is 52.0 Å². The van der Waals surface area contributed by atoms with E-state index in [2.05, 4.69) is 24.7 Å². The summed E-state index contributed by atoms with van der Waals surface area (Å²) in [6.07, 6.45) is 1.55. The molecule has 0 aliphatic rings. The van der Waals surface area contributed by atoms with Crippen molar-refractivity contribution in [3.8, 4) is 0 Å². The third kappa shape index (κ3) is 2.25. The average Bonchev–Trinajstić information content (AvgIpc) is 2.79. The van der Waals surface area contributed by atoms with Gasteiger partial charge in [0, 0.05) is 5.32 Å². The van der Waals surface area contributed by atoms with Crippen LogP contribution in [-0.2, 0) is 10.0 Å². The molecule has 0 unspecified atom stereocenters. The Hall–Kier alpha value is -1.40. The quantitative estimate of drug-likeness (QED) is 0.804. The fourth-order valence-electron chi connectivity index (χ4n) is 1.71. The van der Waals surface area contributed by atoms with Gasteiger partial charge in [-0.25, -0.2) is 0 Å². The standard InChI is InChI=1S/C12H16N2O2SSi/c1-18(2,3)12-9-10-13-14(12)17(15,16)11-7-5-4-6-8-11/h4-10H,1-3H3. The van der Waals surface area contributed by atoms with Gasteiger partial charge in [-0.3, -0.25) is 0 Å². The molecule has 0 fully saturated rings. The molecular formula is C12H16N2O2SSi. The number of rotatable bonds is 3. The molecule has 18 heavy (non-hydrogen) atoms. The molecule has 6 heteroatoms. The van der Waals surface area contributed by atoms with Crippen LogP contribution in [0.5, 0.6) is 0 Å². The van der Waals surface area contributed by atoms with Gasteiger partial charge in [0.15, 0.2) is 0 Å². The zero-order valence-electron chi connectivity index (χ0n) is 10.7. The van der Waals surface area contributed by atoms with Crippen LogP contribution in [0.15, 0.2) is 47.5 Å². The third-order valence-electron chi connectivity index (χ3n) is 2.65. The molecule has 0 saturated heterocycles. The molecule has 1 heterocycles. The fraction of sp³-hybridized carbons (Fsp3) is 0.250. The summed E-state index contributed by atoms with van der Waals surface area (Å²) >= 11 is 0. The minimum absolute atomic E-state index is 0.271. The first-order valence-electron chi connectivity index (χ1n) is 5.68. The summed E-state index contributed by atoms with van der Waals surface area (Å²) < 4.78 is 26.1. The second-order valence-electron chi connectivity index (χ2n) is 5.13. The van der Waals surface area contributed by atoms with E-state index < -0.39 is 18.1 Å². The lowest BCUT2D eigenvalue weighted by molar-refractivity contribution is 0.581. The molecule has 2 aromatic rings.